The van der Waals surface area contributed by atoms with Gasteiger partial charge in [0.25, 0.3) is 0 Å². The fourth-order valence-electron chi connectivity index (χ4n) is 3.26. The summed E-state index contributed by atoms with van der Waals surface area (Å²) in [6, 6.07) is 6.45. The summed E-state index contributed by atoms with van der Waals surface area (Å²) in [5.41, 5.74) is 7.29. The van der Waals surface area contributed by atoms with E-state index >= 15 is 0 Å². The standard InChI is InChI=1S/C13H19B12N2O3S/c14-20-23(19)25(24(21(15)16)22(17)18)31-8-6-27(5-7-28)11-3-1-10(2-4-11)9-12(26)13(29)30/h1-4,12,28H,5-9,26H2,(H,29,30). The maximum absolute atomic E-state index is 10.9. The van der Waals surface area contributed by atoms with Gasteiger partial charge in [-0.25, -0.2) is 11.6 Å². The zero-order valence-electron chi connectivity index (χ0n) is 17.6. The van der Waals surface area contributed by atoms with E-state index in [-0.39, 0.29) is 18.8 Å². The monoisotopic (exact) mass is 415 g/mol. The second-order valence-corrected chi connectivity index (χ2v) is 8.65. The SMILES string of the molecule is [B][B]B([B])B(SCCN(CCO)c1ccc(CC(N)C(=O)O)cc1)B(B([B])[B])B([B])[B]. The van der Waals surface area contributed by atoms with E-state index in [0.717, 1.165) is 11.3 Å². The molecule has 13 radical (unpaired) electrons. The lowest BCUT2D eigenvalue weighted by Crippen LogP contribution is -2.66. The van der Waals surface area contributed by atoms with Crippen molar-refractivity contribution in [3.8, 4) is 0 Å². The van der Waals surface area contributed by atoms with E-state index in [1.54, 1.807) is 0 Å². The van der Waals surface area contributed by atoms with Crippen molar-refractivity contribution >= 4 is 108 Å². The van der Waals surface area contributed by atoms with E-state index in [9.17, 15) is 9.90 Å². The number of benzene rings is 1. The Morgan fingerprint density at radius 3 is 2.16 bits per heavy atom. The lowest BCUT2D eigenvalue weighted by molar-refractivity contribution is -0.138. The Balaban J connectivity index is 2.82. The van der Waals surface area contributed by atoms with Gasteiger partial charge in [0.05, 0.1) is 6.61 Å². The van der Waals surface area contributed by atoms with E-state index in [0.29, 0.717) is 18.8 Å². The van der Waals surface area contributed by atoms with Crippen molar-refractivity contribution in [3.63, 3.8) is 0 Å². The van der Waals surface area contributed by atoms with Crippen LogP contribution in [-0.4, -0.2) is 132 Å². The molecule has 0 aliphatic carbocycles. The zero-order valence-corrected chi connectivity index (χ0v) is 18.4. The number of carboxylic acid groups (broad SMARTS) is 1. The predicted molar refractivity (Wildman–Crippen MR) is 147 cm³/mol. The number of hydrogen-bond acceptors (Lipinski definition) is 5. The third kappa shape index (κ3) is 9.51. The maximum Gasteiger partial charge on any atom is 0.320 e. The van der Waals surface area contributed by atoms with Gasteiger partial charge < -0.3 is 20.8 Å². The van der Waals surface area contributed by atoms with Crippen LogP contribution in [0, 0.1) is 0 Å². The molecule has 0 fully saturated rings. The molecule has 0 aromatic heterocycles. The van der Waals surface area contributed by atoms with E-state index in [2.05, 4.69) is 0 Å². The molecule has 1 atom stereocenters. The van der Waals surface area contributed by atoms with Crippen molar-refractivity contribution in [2.24, 2.45) is 5.73 Å². The molecule has 1 rings (SSSR count). The summed E-state index contributed by atoms with van der Waals surface area (Å²) in [6.45, 7) is 0.990. The molecule has 1 unspecified atom stereocenters. The third-order valence-corrected chi connectivity index (χ3v) is 6.42. The maximum atomic E-state index is 10.9. The number of rotatable bonds is 15. The number of anilines is 1. The first-order valence-electron chi connectivity index (χ1n) is 10.00. The molecule has 0 heterocycles. The van der Waals surface area contributed by atoms with Crippen LogP contribution in [0.15, 0.2) is 24.3 Å². The Bertz CT molecular complexity index is 653. The number of aliphatic hydroxyl groups excluding tert-OH is 1. The Morgan fingerprint density at radius 2 is 1.71 bits per heavy atom. The molecule has 0 saturated carbocycles. The van der Waals surface area contributed by atoms with E-state index in [4.69, 9.17) is 57.3 Å². The molecule has 31 heavy (non-hydrogen) atoms. The van der Waals surface area contributed by atoms with Crippen molar-refractivity contribution < 1.29 is 15.0 Å². The van der Waals surface area contributed by atoms with Crippen LogP contribution in [0.1, 0.15) is 5.56 Å². The number of nitrogens with zero attached hydrogens (tertiary/aromatic N) is 1. The van der Waals surface area contributed by atoms with Crippen LogP contribution in [-0.2, 0) is 11.2 Å². The molecule has 0 aliphatic rings. The molecule has 0 saturated heterocycles. The zero-order chi connectivity index (χ0) is 23.6. The fraction of sp³-hybridized carbons (Fsp3) is 0.462. The van der Waals surface area contributed by atoms with Crippen molar-refractivity contribution in [1.82, 2.24) is 0 Å². The first-order valence-corrected chi connectivity index (χ1v) is 11.0. The Kier molecular flexibility index (Phi) is 13.5. The van der Waals surface area contributed by atoms with Gasteiger partial charge in [-0.2, -0.15) is 0 Å². The summed E-state index contributed by atoms with van der Waals surface area (Å²) in [6.07, 6.45) is -2.20. The number of hydrogen-bond donors (Lipinski definition) is 3. The fourth-order valence-corrected chi connectivity index (χ4v) is 4.75. The molecular weight excluding hydrogens is 394 g/mol. The van der Waals surface area contributed by atoms with Crippen molar-refractivity contribution in [2.75, 3.05) is 30.3 Å². The highest BCUT2D eigenvalue weighted by molar-refractivity contribution is 8.43. The molecule has 5 nitrogen and oxygen atoms in total. The van der Waals surface area contributed by atoms with E-state index in [1.165, 1.54) is 18.7 Å². The van der Waals surface area contributed by atoms with E-state index < -0.39 is 37.6 Å². The molecule has 141 valence electrons. The summed E-state index contributed by atoms with van der Waals surface area (Å²) < 4.78 is 0. The molecule has 0 bridgehead atoms. The van der Waals surface area contributed by atoms with Gasteiger partial charge >= 0.3 is 5.97 Å². The molecule has 0 amide bonds. The largest absolute Gasteiger partial charge is 0.480 e. The minimum atomic E-state index is -1.04. The van der Waals surface area contributed by atoms with Crippen molar-refractivity contribution in [3.05, 3.63) is 29.8 Å². The van der Waals surface area contributed by atoms with Crippen LogP contribution < -0.4 is 10.6 Å². The van der Waals surface area contributed by atoms with Crippen LogP contribution in [0.2, 0.25) is 0 Å². The molecule has 4 N–H and O–H groups in total. The molecule has 18 heteroatoms. The summed E-state index contributed by atoms with van der Waals surface area (Å²) in [7, 11) is 36.6. The van der Waals surface area contributed by atoms with Crippen LogP contribution >= 0.6 is 11.6 Å². The third-order valence-electron chi connectivity index (χ3n) is 4.99. The minimum absolute atomic E-state index is 0.0280. The number of aliphatic hydroxyl groups is 1. The average Bonchev–Trinajstić information content (AvgIpc) is 2.71. The lowest BCUT2D eigenvalue weighted by Gasteiger charge is -2.33. The summed E-state index contributed by atoms with van der Waals surface area (Å²) >= 11 is 1.52. The Morgan fingerprint density at radius 1 is 1.13 bits per heavy atom. The van der Waals surface area contributed by atoms with Gasteiger partial charge in [-0.15, -0.1) is 0 Å². The van der Waals surface area contributed by atoms with Gasteiger partial charge in [-0.1, -0.05) is 12.1 Å². The second kappa shape index (κ2) is 14.6. The van der Waals surface area contributed by atoms with Gasteiger partial charge in [0.15, 0.2) is 0 Å². The molecule has 0 aliphatic heterocycles. The summed E-state index contributed by atoms with van der Waals surface area (Å²) in [4.78, 5) is 12.9. The highest BCUT2D eigenvalue weighted by atomic mass is 32.2. The molecule has 1 aromatic carbocycles. The predicted octanol–water partition coefficient (Wildman–Crippen LogP) is -3.93. The van der Waals surface area contributed by atoms with Crippen LogP contribution in [0.25, 0.3) is 0 Å². The van der Waals surface area contributed by atoms with Crippen molar-refractivity contribution in [1.29, 1.82) is 0 Å². The topological polar surface area (TPSA) is 86.8 Å². The first-order chi connectivity index (χ1) is 14.6. The van der Waals surface area contributed by atoms with Gasteiger partial charge in [0.1, 0.15) is 11.8 Å². The quantitative estimate of drug-likeness (QED) is 0.255. The number of aliphatic carboxylic acids is 1. The summed E-state index contributed by atoms with van der Waals surface area (Å²) in [5, 5.41) is 18.4. The van der Waals surface area contributed by atoms with Crippen LogP contribution in [0.4, 0.5) is 5.69 Å². The van der Waals surface area contributed by atoms with Gasteiger partial charge in [-0.05, 0) is 29.9 Å². The summed E-state index contributed by atoms with van der Waals surface area (Å²) in [5.74, 6) is -0.688. The number of nitrogens with two attached hydrogens (primary N) is 1. The first kappa shape index (κ1) is 28.6. The smallest absolute Gasteiger partial charge is 0.320 e. The Labute approximate surface area is 201 Å². The lowest BCUT2D eigenvalue weighted by atomic mass is 8.58. The van der Waals surface area contributed by atoms with Crippen molar-refractivity contribution in [2.45, 2.75) is 12.5 Å². The van der Waals surface area contributed by atoms with Gasteiger partial charge in [0, 0.05) is 97.8 Å². The number of carbonyl (C=O) groups is 1. The van der Waals surface area contributed by atoms with Crippen LogP contribution in [0.3, 0.4) is 0 Å². The van der Waals surface area contributed by atoms with Crippen LogP contribution in [0.5, 0.6) is 0 Å². The highest BCUT2D eigenvalue weighted by Crippen LogP contribution is 2.19. The van der Waals surface area contributed by atoms with Gasteiger partial charge in [0.2, 0.25) is 0 Å². The second-order valence-electron chi connectivity index (χ2n) is 7.36. The van der Waals surface area contributed by atoms with E-state index in [1.807, 2.05) is 29.2 Å². The average molecular weight is 413 g/mol. The Hall–Kier alpha value is -0.461. The molecular formula is C13H19B12N2O3S. The highest BCUT2D eigenvalue weighted by Gasteiger charge is 2.36. The normalized spacial score (nSPS) is 11.3. The number of carboxylic acids is 1. The molecule has 1 aromatic rings. The molecule has 0 spiro atoms. The van der Waals surface area contributed by atoms with Gasteiger partial charge in [-0.3, -0.25) is 4.79 Å². The minimum Gasteiger partial charge on any atom is -0.480 e.